The van der Waals surface area contributed by atoms with Crippen molar-refractivity contribution in [2.24, 2.45) is 0 Å². The van der Waals surface area contributed by atoms with Crippen LogP contribution in [0, 0.1) is 5.82 Å². The average Bonchev–Trinajstić information content (AvgIpc) is 3.16. The first kappa shape index (κ1) is 16.9. The average molecular weight is 346 g/mol. The molecule has 0 atom stereocenters. The molecule has 1 aromatic carbocycles. The van der Waals surface area contributed by atoms with E-state index in [0.717, 1.165) is 30.7 Å². The molecule has 0 bridgehead atoms. The number of H-pyrrole nitrogens is 1. The monoisotopic (exact) mass is 346 g/mol. The molecule has 1 aliphatic heterocycles. The molecule has 25 heavy (non-hydrogen) atoms. The quantitative estimate of drug-likeness (QED) is 0.837. The van der Waals surface area contributed by atoms with E-state index in [1.807, 2.05) is 6.07 Å². The lowest BCUT2D eigenvalue weighted by atomic mass is 9.94. The Kier molecular flexibility index (Phi) is 4.97. The maximum absolute atomic E-state index is 13.5. The number of nitrogens with one attached hydrogen (secondary N) is 2. The van der Waals surface area contributed by atoms with Gasteiger partial charge in [0, 0.05) is 30.9 Å². The number of aromatic amines is 1. The van der Waals surface area contributed by atoms with Crippen molar-refractivity contribution in [2.45, 2.75) is 18.8 Å². The highest BCUT2D eigenvalue weighted by Crippen LogP contribution is 2.27. The fourth-order valence-corrected chi connectivity index (χ4v) is 2.99. The summed E-state index contributed by atoms with van der Waals surface area (Å²) in [5.74, 6) is -0.833. The van der Waals surface area contributed by atoms with Gasteiger partial charge in [-0.3, -0.25) is 5.10 Å². The largest absolute Gasteiger partial charge is 0.465 e. The molecule has 2 heterocycles. The van der Waals surface area contributed by atoms with Crippen LogP contribution in [0.5, 0.6) is 0 Å². The third-order valence-corrected chi connectivity index (χ3v) is 4.37. The minimum Gasteiger partial charge on any atom is -0.465 e. The first-order chi connectivity index (χ1) is 12.1. The Morgan fingerprint density at radius 1 is 1.32 bits per heavy atom. The smallest absolute Gasteiger partial charge is 0.339 e. The van der Waals surface area contributed by atoms with Crippen LogP contribution in [-0.4, -0.2) is 47.3 Å². The highest BCUT2D eigenvalue weighted by Gasteiger charge is 2.25. The number of hydrogen-bond acceptors (Lipinski definition) is 4. The predicted molar refractivity (Wildman–Crippen MR) is 88.9 cm³/mol. The van der Waals surface area contributed by atoms with Crippen LogP contribution in [0.1, 0.15) is 34.8 Å². The zero-order valence-electron chi connectivity index (χ0n) is 13.8. The number of nitrogens with zero attached hydrogens (tertiary/aromatic N) is 2. The summed E-state index contributed by atoms with van der Waals surface area (Å²) in [7, 11) is 1.23. The fourth-order valence-electron chi connectivity index (χ4n) is 2.99. The van der Waals surface area contributed by atoms with Crippen molar-refractivity contribution < 1.29 is 18.7 Å². The number of urea groups is 1. The molecular weight excluding hydrogens is 327 g/mol. The molecule has 2 amide bonds. The number of benzene rings is 1. The van der Waals surface area contributed by atoms with Gasteiger partial charge in [-0.1, -0.05) is 0 Å². The van der Waals surface area contributed by atoms with Gasteiger partial charge in [-0.25, -0.2) is 14.0 Å². The number of likely N-dealkylation sites (tertiary alicyclic amines) is 1. The van der Waals surface area contributed by atoms with Gasteiger partial charge >= 0.3 is 12.0 Å². The first-order valence-electron chi connectivity index (χ1n) is 8.01. The van der Waals surface area contributed by atoms with Gasteiger partial charge in [0.15, 0.2) is 0 Å². The van der Waals surface area contributed by atoms with Crippen molar-refractivity contribution in [3.05, 3.63) is 47.5 Å². The van der Waals surface area contributed by atoms with Gasteiger partial charge in [0.1, 0.15) is 5.82 Å². The number of methoxy groups -OCH3 is 1. The maximum atomic E-state index is 13.5. The Morgan fingerprint density at radius 2 is 2.08 bits per heavy atom. The lowest BCUT2D eigenvalue weighted by Crippen LogP contribution is -2.40. The van der Waals surface area contributed by atoms with E-state index in [0.29, 0.717) is 19.0 Å². The van der Waals surface area contributed by atoms with Crippen LogP contribution in [-0.2, 0) is 4.74 Å². The molecule has 1 fully saturated rings. The lowest BCUT2D eigenvalue weighted by molar-refractivity contribution is 0.0602. The molecule has 7 nitrogen and oxygen atoms in total. The highest BCUT2D eigenvalue weighted by molar-refractivity contribution is 6.00. The van der Waals surface area contributed by atoms with E-state index < -0.39 is 11.8 Å². The number of carbonyl (C=O) groups is 2. The van der Waals surface area contributed by atoms with Crippen molar-refractivity contribution in [1.82, 2.24) is 15.1 Å². The molecule has 8 heteroatoms. The normalized spacial score (nSPS) is 15.0. The molecule has 0 radical (unpaired) electrons. The van der Waals surface area contributed by atoms with Crippen molar-refractivity contribution in [2.75, 3.05) is 25.5 Å². The van der Waals surface area contributed by atoms with Gasteiger partial charge in [-0.2, -0.15) is 5.10 Å². The number of hydrogen-bond donors (Lipinski definition) is 2. The van der Waals surface area contributed by atoms with E-state index in [9.17, 15) is 14.0 Å². The van der Waals surface area contributed by atoms with E-state index in [-0.39, 0.29) is 17.3 Å². The number of carbonyl (C=O) groups excluding carboxylic acids is 2. The zero-order valence-corrected chi connectivity index (χ0v) is 13.8. The van der Waals surface area contributed by atoms with E-state index in [4.69, 9.17) is 0 Å². The number of piperidine rings is 1. The van der Waals surface area contributed by atoms with E-state index in [2.05, 4.69) is 20.3 Å². The Balaban J connectivity index is 1.65. The van der Waals surface area contributed by atoms with Crippen molar-refractivity contribution in [1.29, 1.82) is 0 Å². The summed E-state index contributed by atoms with van der Waals surface area (Å²) in [6.45, 7) is 1.14. The van der Waals surface area contributed by atoms with E-state index >= 15 is 0 Å². The van der Waals surface area contributed by atoms with Crippen LogP contribution in [0.4, 0.5) is 14.9 Å². The number of halogens is 1. The summed E-state index contributed by atoms with van der Waals surface area (Å²) in [5.41, 5.74) is 1.29. The van der Waals surface area contributed by atoms with Crippen molar-refractivity contribution in [3.8, 4) is 0 Å². The molecule has 0 unspecified atom stereocenters. The molecule has 2 aromatic rings. The van der Waals surface area contributed by atoms with Crippen LogP contribution < -0.4 is 5.32 Å². The lowest BCUT2D eigenvalue weighted by Gasteiger charge is -2.31. The second kappa shape index (κ2) is 7.33. The van der Waals surface area contributed by atoms with Crippen LogP contribution in [0.25, 0.3) is 0 Å². The van der Waals surface area contributed by atoms with Gasteiger partial charge in [-0.05, 0) is 37.1 Å². The van der Waals surface area contributed by atoms with Gasteiger partial charge in [0.2, 0.25) is 0 Å². The van der Waals surface area contributed by atoms with E-state index in [1.165, 1.54) is 13.2 Å². The number of aromatic nitrogens is 2. The Hall–Kier alpha value is -2.90. The summed E-state index contributed by atoms with van der Waals surface area (Å²) in [6, 6.07) is 5.13. The van der Waals surface area contributed by atoms with Crippen LogP contribution in [0.3, 0.4) is 0 Å². The van der Waals surface area contributed by atoms with Crippen LogP contribution in [0.2, 0.25) is 0 Å². The van der Waals surface area contributed by atoms with Crippen molar-refractivity contribution >= 4 is 17.7 Å². The second-order valence-corrected chi connectivity index (χ2v) is 5.88. The third kappa shape index (κ3) is 3.78. The van der Waals surface area contributed by atoms with Crippen LogP contribution >= 0.6 is 0 Å². The third-order valence-electron chi connectivity index (χ3n) is 4.37. The predicted octanol–water partition coefficient (Wildman–Crippen LogP) is 2.75. The minimum atomic E-state index is -0.631. The molecule has 0 spiro atoms. The summed E-state index contributed by atoms with van der Waals surface area (Å²) >= 11 is 0. The molecule has 3 rings (SSSR count). The number of esters is 1. The number of rotatable bonds is 3. The molecule has 0 saturated carbocycles. The SMILES string of the molecule is COC(=O)c1ccc(F)cc1NC(=O)N1CCC(c2ccn[nH]2)CC1. The topological polar surface area (TPSA) is 87.3 Å². The van der Waals surface area contributed by atoms with E-state index in [1.54, 1.807) is 11.1 Å². The number of anilines is 1. The van der Waals surface area contributed by atoms with Gasteiger partial charge < -0.3 is 15.0 Å². The maximum Gasteiger partial charge on any atom is 0.339 e. The molecular formula is C17H19FN4O3. The van der Waals surface area contributed by atoms with Gasteiger partial charge in [0.25, 0.3) is 0 Å². The number of ether oxygens (including phenoxy) is 1. The molecule has 2 N–H and O–H groups in total. The standard InChI is InChI=1S/C17H19FN4O3/c1-25-16(23)13-3-2-12(18)10-15(13)20-17(24)22-8-5-11(6-9-22)14-4-7-19-21-14/h2-4,7,10-11H,5-6,8-9H2,1H3,(H,19,21)(H,20,24). The zero-order chi connectivity index (χ0) is 17.8. The Labute approximate surface area is 144 Å². The Morgan fingerprint density at radius 3 is 2.72 bits per heavy atom. The molecule has 132 valence electrons. The summed E-state index contributed by atoms with van der Waals surface area (Å²) in [4.78, 5) is 25.9. The highest BCUT2D eigenvalue weighted by atomic mass is 19.1. The van der Waals surface area contributed by atoms with Gasteiger partial charge in [-0.15, -0.1) is 0 Å². The molecule has 0 aliphatic carbocycles. The first-order valence-corrected chi connectivity index (χ1v) is 8.01. The minimum absolute atomic E-state index is 0.104. The second-order valence-electron chi connectivity index (χ2n) is 5.88. The van der Waals surface area contributed by atoms with Crippen molar-refractivity contribution in [3.63, 3.8) is 0 Å². The molecule has 1 saturated heterocycles. The molecule has 1 aliphatic rings. The van der Waals surface area contributed by atoms with Crippen LogP contribution in [0.15, 0.2) is 30.5 Å². The Bertz CT molecular complexity index is 755. The fraction of sp³-hybridized carbons (Fsp3) is 0.353. The summed E-state index contributed by atoms with van der Waals surface area (Å²) in [6.07, 6.45) is 3.33. The molecule has 1 aromatic heterocycles. The summed E-state index contributed by atoms with van der Waals surface area (Å²) in [5, 5.41) is 9.53. The van der Waals surface area contributed by atoms with Gasteiger partial charge in [0.05, 0.1) is 18.4 Å². The summed E-state index contributed by atoms with van der Waals surface area (Å²) < 4.78 is 18.2. The number of amides is 2.